The highest BCUT2D eigenvalue weighted by molar-refractivity contribution is 9.09. The molecule has 15 heavy (non-hydrogen) atoms. The molecular formula is C12H17BrO2. The maximum Gasteiger partial charge on any atom is 0.119 e. The fourth-order valence-electron chi connectivity index (χ4n) is 1.14. The second-order valence-corrected chi connectivity index (χ2v) is 3.96. The monoisotopic (exact) mass is 272 g/mol. The largest absolute Gasteiger partial charge is 0.491 e. The predicted molar refractivity (Wildman–Crippen MR) is 65.8 cm³/mol. The Morgan fingerprint density at radius 2 is 1.73 bits per heavy atom. The number of unbranched alkanes of at least 4 members (excludes halogenated alkanes) is 1. The molecule has 0 N–H and O–H groups in total. The maximum atomic E-state index is 5.48. The van der Waals surface area contributed by atoms with Gasteiger partial charge in [-0.25, -0.2) is 0 Å². The van der Waals surface area contributed by atoms with E-state index in [1.807, 2.05) is 30.3 Å². The third-order valence-electron chi connectivity index (χ3n) is 1.91. The molecule has 0 aliphatic carbocycles. The number of benzene rings is 1. The normalized spacial score (nSPS) is 10.2. The molecule has 0 amide bonds. The minimum atomic E-state index is 0.623. The molecule has 0 spiro atoms. The molecule has 0 heterocycles. The zero-order valence-corrected chi connectivity index (χ0v) is 10.4. The molecule has 84 valence electrons. The van der Waals surface area contributed by atoms with Crippen LogP contribution in [0.4, 0.5) is 0 Å². The average molecular weight is 273 g/mol. The van der Waals surface area contributed by atoms with Gasteiger partial charge in [0.1, 0.15) is 12.4 Å². The Bertz CT molecular complexity index is 239. The molecule has 0 fully saturated rings. The smallest absolute Gasteiger partial charge is 0.119 e. The van der Waals surface area contributed by atoms with Crippen molar-refractivity contribution in [3.05, 3.63) is 30.3 Å². The summed E-state index contributed by atoms with van der Waals surface area (Å²) in [5.74, 6) is 0.904. The Morgan fingerprint density at radius 3 is 2.47 bits per heavy atom. The molecule has 3 heteroatoms. The van der Waals surface area contributed by atoms with Crippen molar-refractivity contribution in [2.45, 2.75) is 12.8 Å². The first-order valence-electron chi connectivity index (χ1n) is 5.25. The highest BCUT2D eigenvalue weighted by Gasteiger charge is 1.92. The van der Waals surface area contributed by atoms with Crippen molar-refractivity contribution in [2.24, 2.45) is 0 Å². The van der Waals surface area contributed by atoms with E-state index in [9.17, 15) is 0 Å². The number of rotatable bonds is 8. The summed E-state index contributed by atoms with van der Waals surface area (Å²) in [6.45, 7) is 2.11. The summed E-state index contributed by atoms with van der Waals surface area (Å²) in [6.07, 6.45) is 2.27. The van der Waals surface area contributed by atoms with Gasteiger partial charge in [-0.3, -0.25) is 0 Å². The van der Waals surface area contributed by atoms with Crippen molar-refractivity contribution in [1.82, 2.24) is 0 Å². The molecule has 0 unspecified atom stereocenters. The minimum Gasteiger partial charge on any atom is -0.491 e. The first-order valence-corrected chi connectivity index (χ1v) is 6.37. The van der Waals surface area contributed by atoms with Gasteiger partial charge in [0.05, 0.1) is 6.61 Å². The van der Waals surface area contributed by atoms with Crippen LogP contribution >= 0.6 is 15.9 Å². The average Bonchev–Trinajstić information content (AvgIpc) is 2.29. The van der Waals surface area contributed by atoms with E-state index in [1.165, 1.54) is 6.42 Å². The van der Waals surface area contributed by atoms with Gasteiger partial charge >= 0.3 is 0 Å². The Labute approximate surface area is 99.7 Å². The zero-order valence-electron chi connectivity index (χ0n) is 8.82. The van der Waals surface area contributed by atoms with E-state index in [2.05, 4.69) is 15.9 Å². The molecule has 0 aliphatic rings. The molecule has 0 saturated heterocycles. The summed E-state index contributed by atoms with van der Waals surface area (Å²) in [5, 5.41) is 1.05. The SMILES string of the molecule is BrCCCCOCCOc1ccccc1. The number of ether oxygens (including phenoxy) is 2. The molecule has 0 aliphatic heterocycles. The van der Waals surface area contributed by atoms with Gasteiger partial charge in [0, 0.05) is 11.9 Å². The molecule has 1 aromatic carbocycles. The van der Waals surface area contributed by atoms with Crippen LogP contribution in [0, 0.1) is 0 Å². The second-order valence-electron chi connectivity index (χ2n) is 3.17. The number of hydrogen-bond donors (Lipinski definition) is 0. The molecule has 0 aromatic heterocycles. The highest BCUT2D eigenvalue weighted by Crippen LogP contribution is 2.07. The fourth-order valence-corrected chi connectivity index (χ4v) is 1.53. The number of alkyl halides is 1. The van der Waals surface area contributed by atoms with E-state index in [-0.39, 0.29) is 0 Å². The van der Waals surface area contributed by atoms with Crippen LogP contribution in [0.1, 0.15) is 12.8 Å². The fraction of sp³-hybridized carbons (Fsp3) is 0.500. The van der Waals surface area contributed by atoms with E-state index in [0.29, 0.717) is 13.2 Å². The molecule has 1 aromatic rings. The van der Waals surface area contributed by atoms with Crippen LogP contribution in [0.3, 0.4) is 0 Å². The summed E-state index contributed by atoms with van der Waals surface area (Å²) in [5.41, 5.74) is 0. The Kier molecular flexibility index (Phi) is 7.30. The van der Waals surface area contributed by atoms with Gasteiger partial charge in [0.15, 0.2) is 0 Å². The van der Waals surface area contributed by atoms with Crippen LogP contribution in [0.15, 0.2) is 30.3 Å². The summed E-state index contributed by atoms with van der Waals surface area (Å²) in [4.78, 5) is 0. The molecule has 2 nitrogen and oxygen atoms in total. The van der Waals surface area contributed by atoms with Crippen molar-refractivity contribution < 1.29 is 9.47 Å². The summed E-state index contributed by atoms with van der Waals surface area (Å²) < 4.78 is 10.9. The van der Waals surface area contributed by atoms with Gasteiger partial charge in [-0.15, -0.1) is 0 Å². The van der Waals surface area contributed by atoms with Crippen LogP contribution in [-0.4, -0.2) is 25.2 Å². The molecule has 1 rings (SSSR count). The lowest BCUT2D eigenvalue weighted by Crippen LogP contribution is -2.07. The lowest BCUT2D eigenvalue weighted by Gasteiger charge is -2.06. The third-order valence-corrected chi connectivity index (χ3v) is 2.47. The van der Waals surface area contributed by atoms with Crippen molar-refractivity contribution >= 4 is 15.9 Å². The number of halogens is 1. The molecular weight excluding hydrogens is 256 g/mol. The molecule has 0 saturated carbocycles. The van der Waals surface area contributed by atoms with E-state index in [1.54, 1.807) is 0 Å². The lowest BCUT2D eigenvalue weighted by molar-refractivity contribution is 0.0982. The lowest BCUT2D eigenvalue weighted by atomic mass is 10.3. The van der Waals surface area contributed by atoms with Gasteiger partial charge in [-0.2, -0.15) is 0 Å². The van der Waals surface area contributed by atoms with Crippen LogP contribution in [0.25, 0.3) is 0 Å². The van der Waals surface area contributed by atoms with E-state index < -0.39 is 0 Å². The van der Waals surface area contributed by atoms with Gasteiger partial charge < -0.3 is 9.47 Å². The van der Waals surface area contributed by atoms with Gasteiger partial charge in [0.2, 0.25) is 0 Å². The van der Waals surface area contributed by atoms with Crippen molar-refractivity contribution in [2.75, 3.05) is 25.2 Å². The zero-order chi connectivity index (χ0) is 10.8. The molecule has 0 bridgehead atoms. The third kappa shape index (κ3) is 6.52. The first-order chi connectivity index (χ1) is 7.43. The van der Waals surface area contributed by atoms with Crippen LogP contribution < -0.4 is 4.74 Å². The minimum absolute atomic E-state index is 0.623. The quantitative estimate of drug-likeness (QED) is 0.534. The van der Waals surface area contributed by atoms with Crippen LogP contribution in [0.2, 0.25) is 0 Å². The van der Waals surface area contributed by atoms with E-state index in [0.717, 1.165) is 24.1 Å². The van der Waals surface area contributed by atoms with Crippen molar-refractivity contribution in [3.8, 4) is 5.75 Å². The number of para-hydroxylation sites is 1. The second kappa shape index (κ2) is 8.74. The maximum absolute atomic E-state index is 5.48. The Hall–Kier alpha value is -0.540. The van der Waals surface area contributed by atoms with Crippen molar-refractivity contribution in [1.29, 1.82) is 0 Å². The first kappa shape index (κ1) is 12.5. The van der Waals surface area contributed by atoms with Crippen LogP contribution in [0.5, 0.6) is 5.75 Å². The van der Waals surface area contributed by atoms with E-state index >= 15 is 0 Å². The van der Waals surface area contributed by atoms with Gasteiger partial charge in [-0.05, 0) is 25.0 Å². The summed E-state index contributed by atoms with van der Waals surface area (Å²) >= 11 is 3.38. The molecule has 0 radical (unpaired) electrons. The summed E-state index contributed by atoms with van der Waals surface area (Å²) in [6, 6.07) is 9.80. The highest BCUT2D eigenvalue weighted by atomic mass is 79.9. The predicted octanol–water partition coefficient (Wildman–Crippen LogP) is 3.26. The Balaban J connectivity index is 1.93. The molecule has 0 atom stereocenters. The van der Waals surface area contributed by atoms with Crippen LogP contribution in [-0.2, 0) is 4.74 Å². The van der Waals surface area contributed by atoms with Gasteiger partial charge in [-0.1, -0.05) is 34.1 Å². The number of hydrogen-bond acceptors (Lipinski definition) is 2. The Morgan fingerprint density at radius 1 is 0.933 bits per heavy atom. The topological polar surface area (TPSA) is 18.5 Å². The van der Waals surface area contributed by atoms with E-state index in [4.69, 9.17) is 9.47 Å². The van der Waals surface area contributed by atoms with Gasteiger partial charge in [0.25, 0.3) is 0 Å². The van der Waals surface area contributed by atoms with Crippen molar-refractivity contribution in [3.63, 3.8) is 0 Å². The summed E-state index contributed by atoms with van der Waals surface area (Å²) in [7, 11) is 0. The standard InChI is InChI=1S/C12H17BrO2/c13-8-4-5-9-14-10-11-15-12-6-2-1-3-7-12/h1-3,6-7H,4-5,8-11H2.